The molecule has 7 nitrogen and oxygen atoms in total. The van der Waals surface area contributed by atoms with Crippen molar-refractivity contribution in [3.63, 3.8) is 0 Å². The lowest BCUT2D eigenvalue weighted by molar-refractivity contribution is -0.117. The van der Waals surface area contributed by atoms with Crippen LogP contribution in [0.5, 0.6) is 0 Å². The van der Waals surface area contributed by atoms with Crippen LogP contribution >= 0.6 is 0 Å². The summed E-state index contributed by atoms with van der Waals surface area (Å²) >= 11 is 0. The Kier molecular flexibility index (Phi) is 6.31. The van der Waals surface area contributed by atoms with E-state index < -0.39 is 10.0 Å². The predicted molar refractivity (Wildman–Crippen MR) is 123 cm³/mol. The highest BCUT2D eigenvalue weighted by Crippen LogP contribution is 2.27. The number of likely N-dealkylation sites (N-methyl/N-ethyl adjacent to an activating group) is 1. The second-order valence-electron chi connectivity index (χ2n) is 8.38. The maximum atomic E-state index is 12.8. The van der Waals surface area contributed by atoms with Gasteiger partial charge in [0.25, 0.3) is 0 Å². The Morgan fingerprint density at radius 1 is 0.968 bits per heavy atom. The zero-order valence-corrected chi connectivity index (χ0v) is 19.0. The quantitative estimate of drug-likeness (QED) is 0.744. The van der Waals surface area contributed by atoms with E-state index in [4.69, 9.17) is 0 Å². The van der Waals surface area contributed by atoms with Gasteiger partial charge in [-0.05, 0) is 61.9 Å². The van der Waals surface area contributed by atoms with E-state index in [1.54, 1.807) is 23.1 Å². The van der Waals surface area contributed by atoms with Crippen LogP contribution in [-0.2, 0) is 21.4 Å². The van der Waals surface area contributed by atoms with Crippen molar-refractivity contribution >= 4 is 27.3 Å². The average Bonchev–Trinajstić information content (AvgIpc) is 3.19. The maximum absolute atomic E-state index is 12.8. The second-order valence-corrected chi connectivity index (χ2v) is 10.1. The van der Waals surface area contributed by atoms with Crippen molar-refractivity contribution in [1.82, 2.24) is 9.62 Å². The van der Waals surface area contributed by atoms with Crippen LogP contribution in [0.3, 0.4) is 0 Å². The van der Waals surface area contributed by atoms with Crippen molar-refractivity contribution in [3.05, 3.63) is 53.6 Å². The lowest BCUT2D eigenvalue weighted by Crippen LogP contribution is -2.44. The van der Waals surface area contributed by atoms with E-state index in [0.717, 1.165) is 49.4 Å². The molecule has 0 radical (unpaired) electrons. The van der Waals surface area contributed by atoms with E-state index in [9.17, 15) is 13.2 Å². The molecule has 2 aliphatic rings. The maximum Gasteiger partial charge on any atom is 0.240 e. The summed E-state index contributed by atoms with van der Waals surface area (Å²) in [7, 11) is -1.51. The molecule has 2 saturated heterocycles. The summed E-state index contributed by atoms with van der Waals surface area (Å²) in [5.74, 6) is 0.0943. The van der Waals surface area contributed by atoms with Crippen LogP contribution in [0.1, 0.15) is 24.0 Å². The highest BCUT2D eigenvalue weighted by Gasteiger charge is 2.24. The summed E-state index contributed by atoms with van der Waals surface area (Å²) in [5, 5.41) is 0. The lowest BCUT2D eigenvalue weighted by atomic mass is 10.2. The normalized spacial score (nSPS) is 18.1. The number of carbonyl (C=O) groups is 1. The number of anilines is 2. The number of amides is 1. The van der Waals surface area contributed by atoms with Crippen molar-refractivity contribution in [1.29, 1.82) is 0 Å². The van der Waals surface area contributed by atoms with Gasteiger partial charge in [0, 0.05) is 57.1 Å². The minimum Gasteiger partial charge on any atom is -0.369 e. The van der Waals surface area contributed by atoms with Gasteiger partial charge < -0.3 is 14.7 Å². The van der Waals surface area contributed by atoms with E-state index in [-0.39, 0.29) is 17.3 Å². The van der Waals surface area contributed by atoms with Crippen molar-refractivity contribution in [2.24, 2.45) is 0 Å². The smallest absolute Gasteiger partial charge is 0.240 e. The Labute approximate surface area is 184 Å². The van der Waals surface area contributed by atoms with Crippen molar-refractivity contribution in [3.8, 4) is 0 Å². The minimum atomic E-state index is -3.64. The second kappa shape index (κ2) is 8.98. The third-order valence-corrected chi connectivity index (χ3v) is 7.51. The van der Waals surface area contributed by atoms with Crippen LogP contribution in [0.2, 0.25) is 0 Å². The molecule has 166 valence electrons. The molecule has 0 bridgehead atoms. The van der Waals surface area contributed by atoms with Crippen LogP contribution < -0.4 is 14.5 Å². The molecule has 2 heterocycles. The van der Waals surface area contributed by atoms with Crippen LogP contribution in [0.15, 0.2) is 47.4 Å². The molecule has 2 aromatic rings. The van der Waals surface area contributed by atoms with Gasteiger partial charge in [-0.1, -0.05) is 12.1 Å². The lowest BCUT2D eigenvalue weighted by Gasteiger charge is -2.34. The number of sulfonamides is 1. The predicted octanol–water partition coefficient (Wildman–Crippen LogP) is 2.35. The highest BCUT2D eigenvalue weighted by atomic mass is 32.2. The molecule has 4 rings (SSSR count). The van der Waals surface area contributed by atoms with Crippen LogP contribution in [0.25, 0.3) is 0 Å². The molecule has 0 spiro atoms. The standard InChI is InChI=1S/C23H30N4O3S/c1-18-16-21(9-10-22(18)27-11-3-4-23(27)28)31(29,30)24-17-19-5-7-20(8-6-19)26-14-12-25(2)13-15-26/h5-10,16,24H,3-4,11-15,17H2,1-2H3. The van der Waals surface area contributed by atoms with Gasteiger partial charge in [0.2, 0.25) is 15.9 Å². The summed E-state index contributed by atoms with van der Waals surface area (Å²) in [4.78, 5) is 18.6. The summed E-state index contributed by atoms with van der Waals surface area (Å²) in [6.07, 6.45) is 1.39. The van der Waals surface area contributed by atoms with Gasteiger partial charge in [-0.2, -0.15) is 0 Å². The number of benzene rings is 2. The zero-order chi connectivity index (χ0) is 22.0. The largest absolute Gasteiger partial charge is 0.369 e. The van der Waals surface area contributed by atoms with Gasteiger partial charge in [-0.15, -0.1) is 0 Å². The molecule has 0 aromatic heterocycles. The summed E-state index contributed by atoms with van der Waals surface area (Å²) in [6, 6.07) is 13.0. The number of aryl methyl sites for hydroxylation is 1. The molecule has 1 N–H and O–H groups in total. The Morgan fingerprint density at radius 2 is 1.68 bits per heavy atom. The molecule has 2 fully saturated rings. The van der Waals surface area contributed by atoms with Crippen molar-refractivity contribution in [2.45, 2.75) is 31.2 Å². The van der Waals surface area contributed by atoms with Gasteiger partial charge in [0.1, 0.15) is 0 Å². The monoisotopic (exact) mass is 442 g/mol. The Bertz CT molecular complexity index is 1040. The van der Waals surface area contributed by atoms with Crippen molar-refractivity contribution < 1.29 is 13.2 Å². The molecule has 8 heteroatoms. The summed E-state index contributed by atoms with van der Waals surface area (Å²) in [6.45, 7) is 6.86. The first-order valence-electron chi connectivity index (χ1n) is 10.8. The molecule has 0 unspecified atom stereocenters. The minimum absolute atomic E-state index is 0.0943. The van der Waals surface area contributed by atoms with Crippen LogP contribution in [0, 0.1) is 6.92 Å². The molecular formula is C23H30N4O3S. The first-order chi connectivity index (χ1) is 14.8. The van der Waals surface area contributed by atoms with Gasteiger partial charge in [0.05, 0.1) is 4.90 Å². The van der Waals surface area contributed by atoms with E-state index in [2.05, 4.69) is 33.7 Å². The number of piperazine rings is 1. The Morgan fingerprint density at radius 3 is 2.29 bits per heavy atom. The van der Waals surface area contributed by atoms with Crippen LogP contribution in [-0.4, -0.2) is 59.0 Å². The number of rotatable bonds is 6. The van der Waals surface area contributed by atoms with E-state index in [1.165, 1.54) is 5.69 Å². The van der Waals surface area contributed by atoms with Crippen LogP contribution in [0.4, 0.5) is 11.4 Å². The molecule has 1 amide bonds. The first kappa shape index (κ1) is 21.8. The first-order valence-corrected chi connectivity index (χ1v) is 12.2. The molecule has 0 saturated carbocycles. The Hall–Kier alpha value is -2.42. The van der Waals surface area contributed by atoms with Gasteiger partial charge in [-0.3, -0.25) is 4.79 Å². The molecule has 31 heavy (non-hydrogen) atoms. The summed E-state index contributed by atoms with van der Waals surface area (Å²) < 4.78 is 28.3. The third-order valence-electron chi connectivity index (χ3n) is 6.11. The number of nitrogens with zero attached hydrogens (tertiary/aromatic N) is 3. The number of hydrogen-bond acceptors (Lipinski definition) is 5. The molecule has 0 atom stereocenters. The van der Waals surface area contributed by atoms with E-state index >= 15 is 0 Å². The number of carbonyl (C=O) groups excluding carboxylic acids is 1. The fourth-order valence-electron chi connectivity index (χ4n) is 4.15. The molecule has 2 aromatic carbocycles. The summed E-state index contributed by atoms with van der Waals surface area (Å²) in [5.41, 5.74) is 3.66. The number of hydrogen-bond donors (Lipinski definition) is 1. The van der Waals surface area contributed by atoms with E-state index in [0.29, 0.717) is 13.0 Å². The fourth-order valence-corrected chi connectivity index (χ4v) is 5.25. The molecule has 2 aliphatic heterocycles. The zero-order valence-electron chi connectivity index (χ0n) is 18.2. The number of nitrogens with one attached hydrogen (secondary N) is 1. The molecular weight excluding hydrogens is 412 g/mol. The highest BCUT2D eigenvalue weighted by molar-refractivity contribution is 7.89. The topological polar surface area (TPSA) is 73.0 Å². The van der Waals surface area contributed by atoms with Gasteiger partial charge in [-0.25, -0.2) is 13.1 Å². The average molecular weight is 443 g/mol. The molecule has 0 aliphatic carbocycles. The van der Waals surface area contributed by atoms with Gasteiger partial charge in [0.15, 0.2) is 0 Å². The third kappa shape index (κ3) is 4.92. The Balaban J connectivity index is 1.40. The fraction of sp³-hybridized carbons (Fsp3) is 0.435. The SMILES string of the molecule is Cc1cc(S(=O)(=O)NCc2ccc(N3CCN(C)CC3)cc2)ccc1N1CCCC1=O. The van der Waals surface area contributed by atoms with Crippen molar-refractivity contribution in [2.75, 3.05) is 49.6 Å². The van der Waals surface area contributed by atoms with Gasteiger partial charge >= 0.3 is 0 Å². The van der Waals surface area contributed by atoms with E-state index in [1.807, 2.05) is 19.1 Å².